The lowest BCUT2D eigenvalue weighted by molar-refractivity contribution is 0.0940. The molecule has 0 bridgehead atoms. The summed E-state index contributed by atoms with van der Waals surface area (Å²) in [5.74, 6) is -0.249. The second-order valence-electron chi connectivity index (χ2n) is 6.28. The van der Waals surface area contributed by atoms with Crippen LogP contribution >= 0.6 is 0 Å². The van der Waals surface area contributed by atoms with Crippen molar-refractivity contribution < 1.29 is 4.79 Å². The van der Waals surface area contributed by atoms with E-state index in [1.165, 1.54) is 0 Å². The number of aryl methyl sites for hydroxylation is 2. The van der Waals surface area contributed by atoms with Crippen molar-refractivity contribution in [2.24, 2.45) is 0 Å². The average molecular weight is 337 g/mol. The predicted octanol–water partition coefficient (Wildman–Crippen LogP) is 2.32. The van der Waals surface area contributed by atoms with Gasteiger partial charge in [-0.1, -0.05) is 29.3 Å². The Labute approximate surface area is 143 Å². The minimum atomic E-state index is -0.742. The summed E-state index contributed by atoms with van der Waals surface area (Å²) in [4.78, 5) is 40.2. The molecule has 0 spiro atoms. The maximum Gasteiger partial charge on any atom is 0.314 e. The molecule has 0 radical (unpaired) electrons. The van der Waals surface area contributed by atoms with E-state index in [0.717, 1.165) is 16.7 Å². The van der Waals surface area contributed by atoms with E-state index in [1.54, 1.807) is 18.2 Å². The highest BCUT2D eigenvalue weighted by Crippen LogP contribution is 2.18. The molecule has 1 amide bonds. The molecule has 2 aromatic carbocycles. The van der Waals surface area contributed by atoms with Crippen LogP contribution in [0.25, 0.3) is 11.0 Å². The lowest BCUT2D eigenvalue weighted by Crippen LogP contribution is -2.29. The van der Waals surface area contributed by atoms with Gasteiger partial charge < -0.3 is 15.3 Å². The molecular weight excluding hydrogens is 318 g/mol. The summed E-state index contributed by atoms with van der Waals surface area (Å²) in [7, 11) is 0. The van der Waals surface area contributed by atoms with Crippen molar-refractivity contribution >= 4 is 16.9 Å². The molecule has 1 unspecified atom stereocenters. The SMILES string of the molecule is Cc1cc(C)cc(C(C)NC(=O)c2ccc3[nH]c(=O)c(=O)[nH]c3c2)c1. The number of rotatable bonds is 3. The van der Waals surface area contributed by atoms with Crippen LogP contribution in [0.5, 0.6) is 0 Å². The van der Waals surface area contributed by atoms with Gasteiger partial charge in [0, 0.05) is 5.56 Å². The Balaban J connectivity index is 1.87. The topological polar surface area (TPSA) is 94.8 Å². The van der Waals surface area contributed by atoms with E-state index in [2.05, 4.69) is 21.4 Å². The lowest BCUT2D eigenvalue weighted by atomic mass is 10.0. The second kappa shape index (κ2) is 6.39. The molecule has 25 heavy (non-hydrogen) atoms. The Morgan fingerprint density at radius 2 is 1.52 bits per heavy atom. The molecule has 6 heteroatoms. The first-order chi connectivity index (χ1) is 11.8. The van der Waals surface area contributed by atoms with Crippen molar-refractivity contribution in [2.45, 2.75) is 26.8 Å². The van der Waals surface area contributed by atoms with Crippen molar-refractivity contribution in [1.29, 1.82) is 0 Å². The number of aromatic amines is 2. The van der Waals surface area contributed by atoms with Gasteiger partial charge in [-0.25, -0.2) is 0 Å². The lowest BCUT2D eigenvalue weighted by Gasteiger charge is -2.16. The Morgan fingerprint density at radius 3 is 2.16 bits per heavy atom. The van der Waals surface area contributed by atoms with Crippen LogP contribution in [-0.2, 0) is 0 Å². The van der Waals surface area contributed by atoms with Gasteiger partial charge in [0.15, 0.2) is 0 Å². The number of amides is 1. The maximum atomic E-state index is 12.5. The van der Waals surface area contributed by atoms with E-state index in [1.807, 2.05) is 32.9 Å². The van der Waals surface area contributed by atoms with Crippen molar-refractivity contribution in [3.8, 4) is 0 Å². The molecular formula is C19H19N3O3. The van der Waals surface area contributed by atoms with Gasteiger partial charge in [0.05, 0.1) is 17.1 Å². The number of carbonyl (C=O) groups is 1. The zero-order valence-electron chi connectivity index (χ0n) is 14.3. The molecule has 0 fully saturated rings. The largest absolute Gasteiger partial charge is 0.346 e. The number of H-pyrrole nitrogens is 2. The molecule has 0 saturated heterocycles. The fourth-order valence-corrected chi connectivity index (χ4v) is 2.88. The zero-order valence-corrected chi connectivity index (χ0v) is 14.3. The summed E-state index contributed by atoms with van der Waals surface area (Å²) in [5.41, 5.74) is 3.16. The summed E-state index contributed by atoms with van der Waals surface area (Å²) in [6.45, 7) is 5.96. The van der Waals surface area contributed by atoms with Gasteiger partial charge in [-0.15, -0.1) is 0 Å². The van der Waals surface area contributed by atoms with Crippen LogP contribution in [0.3, 0.4) is 0 Å². The first kappa shape index (κ1) is 16.7. The van der Waals surface area contributed by atoms with Crippen molar-refractivity contribution in [3.63, 3.8) is 0 Å². The van der Waals surface area contributed by atoms with Crippen LogP contribution in [0.4, 0.5) is 0 Å². The van der Waals surface area contributed by atoms with Gasteiger partial charge >= 0.3 is 11.1 Å². The molecule has 1 atom stereocenters. The van der Waals surface area contributed by atoms with Crippen molar-refractivity contribution in [3.05, 3.63) is 79.4 Å². The van der Waals surface area contributed by atoms with Crippen LogP contribution in [0.15, 0.2) is 46.0 Å². The highest BCUT2D eigenvalue weighted by Gasteiger charge is 2.13. The predicted molar refractivity (Wildman–Crippen MR) is 97.0 cm³/mol. The minimum Gasteiger partial charge on any atom is -0.346 e. The Hall–Kier alpha value is -3.15. The van der Waals surface area contributed by atoms with Crippen molar-refractivity contribution in [1.82, 2.24) is 15.3 Å². The Kier molecular flexibility index (Phi) is 4.27. The third-order valence-electron chi connectivity index (χ3n) is 4.08. The third kappa shape index (κ3) is 3.52. The molecule has 1 aromatic heterocycles. The fourth-order valence-electron chi connectivity index (χ4n) is 2.88. The number of aromatic nitrogens is 2. The van der Waals surface area contributed by atoms with Crippen LogP contribution in [0.1, 0.15) is 40.0 Å². The van der Waals surface area contributed by atoms with Gasteiger partial charge in [-0.05, 0) is 44.5 Å². The highest BCUT2D eigenvalue weighted by molar-refractivity contribution is 5.97. The molecule has 3 aromatic rings. The summed E-state index contributed by atoms with van der Waals surface area (Å²) < 4.78 is 0. The van der Waals surface area contributed by atoms with Crippen molar-refractivity contribution in [2.75, 3.05) is 0 Å². The molecule has 0 aliphatic carbocycles. The molecule has 3 rings (SSSR count). The van der Waals surface area contributed by atoms with E-state index in [4.69, 9.17) is 0 Å². The summed E-state index contributed by atoms with van der Waals surface area (Å²) >= 11 is 0. The Morgan fingerprint density at radius 1 is 0.920 bits per heavy atom. The monoisotopic (exact) mass is 337 g/mol. The number of nitrogens with one attached hydrogen (secondary N) is 3. The van der Waals surface area contributed by atoms with Crippen LogP contribution in [0.2, 0.25) is 0 Å². The van der Waals surface area contributed by atoms with E-state index < -0.39 is 11.1 Å². The molecule has 3 N–H and O–H groups in total. The number of benzene rings is 2. The number of hydrogen-bond acceptors (Lipinski definition) is 3. The van der Waals surface area contributed by atoms with E-state index in [0.29, 0.717) is 16.6 Å². The average Bonchev–Trinajstić information content (AvgIpc) is 2.54. The van der Waals surface area contributed by atoms with Gasteiger partial charge in [0.25, 0.3) is 5.91 Å². The molecule has 0 aliphatic heterocycles. The van der Waals surface area contributed by atoms with E-state index >= 15 is 0 Å². The molecule has 1 heterocycles. The minimum absolute atomic E-state index is 0.156. The smallest absolute Gasteiger partial charge is 0.314 e. The van der Waals surface area contributed by atoms with Crippen LogP contribution < -0.4 is 16.4 Å². The van der Waals surface area contributed by atoms with Crippen LogP contribution in [-0.4, -0.2) is 15.9 Å². The van der Waals surface area contributed by atoms with Gasteiger partial charge in [0.1, 0.15) is 0 Å². The fraction of sp³-hybridized carbons (Fsp3) is 0.211. The summed E-state index contributed by atoms with van der Waals surface area (Å²) in [6, 6.07) is 10.8. The maximum absolute atomic E-state index is 12.5. The molecule has 6 nitrogen and oxygen atoms in total. The third-order valence-corrected chi connectivity index (χ3v) is 4.08. The molecule has 0 aliphatic rings. The van der Waals surface area contributed by atoms with Gasteiger partial charge in [-0.3, -0.25) is 14.4 Å². The van der Waals surface area contributed by atoms with Gasteiger partial charge in [-0.2, -0.15) is 0 Å². The highest BCUT2D eigenvalue weighted by atomic mass is 16.2. The molecule has 0 saturated carbocycles. The number of hydrogen-bond donors (Lipinski definition) is 3. The summed E-state index contributed by atoms with van der Waals surface area (Å²) in [6.07, 6.45) is 0. The van der Waals surface area contributed by atoms with Gasteiger partial charge in [0.2, 0.25) is 0 Å². The van der Waals surface area contributed by atoms with E-state index in [9.17, 15) is 14.4 Å². The first-order valence-corrected chi connectivity index (χ1v) is 7.99. The quantitative estimate of drug-likeness (QED) is 0.640. The van der Waals surface area contributed by atoms with E-state index in [-0.39, 0.29) is 11.9 Å². The molecule has 128 valence electrons. The normalized spacial score (nSPS) is 12.1. The number of fused-ring (bicyclic) bond motifs is 1. The second-order valence-corrected chi connectivity index (χ2v) is 6.28. The van der Waals surface area contributed by atoms with Crippen LogP contribution in [0, 0.1) is 13.8 Å². The number of carbonyl (C=O) groups excluding carboxylic acids is 1. The summed E-state index contributed by atoms with van der Waals surface area (Å²) in [5, 5.41) is 2.95. The first-order valence-electron chi connectivity index (χ1n) is 7.99. The Bertz CT molecular complexity index is 1060. The zero-order chi connectivity index (χ0) is 18.1. The standard InChI is InChI=1S/C19H19N3O3/c1-10-6-11(2)8-14(7-10)12(3)20-17(23)13-4-5-15-16(9-13)22-19(25)18(24)21-15/h4-9,12H,1-3H3,(H,20,23)(H,21,24)(H,22,25).